The van der Waals surface area contributed by atoms with Gasteiger partial charge in [-0.1, -0.05) is 63.2 Å². The molecule has 0 aliphatic carbocycles. The van der Waals surface area contributed by atoms with Crippen molar-refractivity contribution in [2.45, 2.75) is 118 Å². The number of Topliss-reactive ketones (excluding diaryl/α,β-unsaturated/α-hetero) is 1. The third-order valence-corrected chi connectivity index (χ3v) is 7.16. The Morgan fingerprint density at radius 1 is 0.800 bits per heavy atom. The number of hydrogen-bond donors (Lipinski definition) is 1. The second kappa shape index (κ2) is 19.7. The lowest BCUT2D eigenvalue weighted by Crippen LogP contribution is -2.47. The number of carbonyl (C=O) groups is 5. The minimum atomic E-state index is -0.956. The summed E-state index contributed by atoms with van der Waals surface area (Å²) < 4.78 is 22.9. The van der Waals surface area contributed by atoms with Crippen LogP contribution < -0.4 is 10.1 Å². The van der Waals surface area contributed by atoms with Crippen molar-refractivity contribution in [1.29, 1.82) is 0 Å². The van der Waals surface area contributed by atoms with Gasteiger partial charge in [-0.25, -0.2) is 9.59 Å². The molecule has 276 valence electrons. The molecule has 0 bridgehead atoms. The molecular weight excluding hydrogens is 640 g/mol. The molecule has 0 aliphatic heterocycles. The fourth-order valence-electron chi connectivity index (χ4n) is 4.84. The van der Waals surface area contributed by atoms with E-state index >= 15 is 0 Å². The zero-order valence-electron chi connectivity index (χ0n) is 31.2. The van der Waals surface area contributed by atoms with Gasteiger partial charge in [0.2, 0.25) is 5.91 Å². The molecular formula is C39H56N2O9. The highest BCUT2D eigenvalue weighted by atomic mass is 16.6. The van der Waals surface area contributed by atoms with Crippen LogP contribution in [0.4, 0.5) is 4.79 Å². The second-order valence-corrected chi connectivity index (χ2v) is 14.6. The Labute approximate surface area is 297 Å². The van der Waals surface area contributed by atoms with Gasteiger partial charge in [0.05, 0.1) is 18.5 Å². The fraction of sp³-hybridized carbons (Fsp3) is 0.564. The van der Waals surface area contributed by atoms with E-state index in [-0.39, 0.29) is 44.1 Å². The van der Waals surface area contributed by atoms with Gasteiger partial charge in [0, 0.05) is 19.4 Å². The van der Waals surface area contributed by atoms with Crippen LogP contribution >= 0.6 is 0 Å². The number of rotatable bonds is 18. The Kier molecular flexibility index (Phi) is 16.4. The van der Waals surface area contributed by atoms with Crippen LogP contribution in [0.25, 0.3) is 0 Å². The van der Waals surface area contributed by atoms with Crippen LogP contribution in [-0.2, 0) is 35.0 Å². The summed E-state index contributed by atoms with van der Waals surface area (Å²) in [5.41, 5.74) is -0.0303. The number of nitrogens with zero attached hydrogens (tertiary/aromatic N) is 1. The molecule has 2 aromatic rings. The second-order valence-electron chi connectivity index (χ2n) is 14.6. The lowest BCUT2D eigenvalue weighted by molar-refractivity contribution is -0.160. The molecule has 50 heavy (non-hydrogen) atoms. The van der Waals surface area contributed by atoms with E-state index in [2.05, 4.69) is 5.32 Å². The molecule has 1 N–H and O–H groups in total. The fourth-order valence-corrected chi connectivity index (χ4v) is 4.84. The summed E-state index contributed by atoms with van der Waals surface area (Å²) >= 11 is 0. The Morgan fingerprint density at radius 2 is 1.42 bits per heavy atom. The molecule has 2 atom stereocenters. The monoisotopic (exact) mass is 696 g/mol. The van der Waals surface area contributed by atoms with E-state index in [9.17, 15) is 24.0 Å². The molecule has 0 saturated carbocycles. The highest BCUT2D eigenvalue weighted by Gasteiger charge is 2.30. The molecule has 0 aliphatic rings. The molecule has 1 unspecified atom stereocenters. The van der Waals surface area contributed by atoms with Crippen molar-refractivity contribution in [3.8, 4) is 5.75 Å². The van der Waals surface area contributed by atoms with Gasteiger partial charge in [-0.15, -0.1) is 0 Å². The van der Waals surface area contributed by atoms with E-state index in [0.29, 0.717) is 30.7 Å². The van der Waals surface area contributed by atoms with E-state index in [1.807, 2.05) is 37.3 Å². The summed E-state index contributed by atoms with van der Waals surface area (Å²) in [6.45, 7) is 16.1. The highest BCUT2D eigenvalue weighted by molar-refractivity contribution is 5.98. The van der Waals surface area contributed by atoms with Gasteiger partial charge in [0.25, 0.3) is 0 Å². The van der Waals surface area contributed by atoms with E-state index in [1.165, 1.54) is 4.90 Å². The van der Waals surface area contributed by atoms with Crippen molar-refractivity contribution in [2.24, 2.45) is 5.92 Å². The number of aryl methyl sites for hydroxylation is 1. The summed E-state index contributed by atoms with van der Waals surface area (Å²) in [7, 11) is 0. The smallest absolute Gasteiger partial charge is 0.410 e. The summed E-state index contributed by atoms with van der Waals surface area (Å²) in [5.74, 6) is -1.78. The quantitative estimate of drug-likeness (QED) is 0.103. The first-order valence-electron chi connectivity index (χ1n) is 17.4. The molecule has 2 rings (SSSR count). The Morgan fingerprint density at radius 3 is 2.02 bits per heavy atom. The van der Waals surface area contributed by atoms with Crippen molar-refractivity contribution in [2.75, 3.05) is 19.7 Å². The number of nitrogens with one attached hydrogen (secondary N) is 1. The minimum Gasteiger partial charge on any atom is -0.489 e. The lowest BCUT2D eigenvalue weighted by Gasteiger charge is -2.30. The van der Waals surface area contributed by atoms with Crippen molar-refractivity contribution in [1.82, 2.24) is 10.2 Å². The first-order chi connectivity index (χ1) is 23.4. The van der Waals surface area contributed by atoms with Gasteiger partial charge in [-0.05, 0) is 78.0 Å². The zero-order valence-corrected chi connectivity index (χ0v) is 31.2. The molecule has 2 aromatic carbocycles. The van der Waals surface area contributed by atoms with Crippen LogP contribution in [0.3, 0.4) is 0 Å². The number of esters is 2. The van der Waals surface area contributed by atoms with Crippen molar-refractivity contribution in [3.63, 3.8) is 0 Å². The third-order valence-electron chi connectivity index (χ3n) is 7.16. The predicted molar refractivity (Wildman–Crippen MR) is 191 cm³/mol. The van der Waals surface area contributed by atoms with Crippen molar-refractivity contribution < 1.29 is 42.9 Å². The van der Waals surface area contributed by atoms with Crippen LogP contribution in [0.2, 0.25) is 0 Å². The number of ketones is 1. The SMILES string of the molecule is CCCN(CC(COc1ccccc1C(=O)CCc1ccccc1)OC(=O)CCC(=O)N[C@H](C(=O)OC(C)(C)C)C(C)C)C(=O)OC(C)(C)C. The van der Waals surface area contributed by atoms with Crippen LogP contribution in [0.5, 0.6) is 5.75 Å². The van der Waals surface area contributed by atoms with Crippen LogP contribution in [0.1, 0.15) is 104 Å². The standard InChI is InChI=1S/C39H56N2O9/c1-10-24-41(37(46)50-39(7,8)9)25-29(48-34(44)23-22-33(43)40-35(27(2)3)36(45)49-38(4,5)6)26-47-32-19-15-14-18-30(32)31(42)21-20-28-16-12-11-13-17-28/h11-19,27,29,35H,10,20-26H2,1-9H3,(H,40,43)/t29?,35-/m0/s1. The molecule has 0 fully saturated rings. The number of amides is 2. The highest BCUT2D eigenvalue weighted by Crippen LogP contribution is 2.22. The Bertz CT molecular complexity index is 1410. The van der Waals surface area contributed by atoms with Gasteiger partial charge < -0.3 is 29.2 Å². The number of hydrogen-bond acceptors (Lipinski definition) is 9. The number of para-hydroxylation sites is 1. The van der Waals surface area contributed by atoms with Crippen molar-refractivity contribution in [3.05, 3.63) is 65.7 Å². The van der Waals surface area contributed by atoms with Gasteiger partial charge in [0.15, 0.2) is 11.9 Å². The number of benzene rings is 2. The molecule has 11 heteroatoms. The van der Waals surface area contributed by atoms with E-state index in [0.717, 1.165) is 5.56 Å². The average molecular weight is 697 g/mol. The third kappa shape index (κ3) is 15.9. The molecule has 0 heterocycles. The Hall–Kier alpha value is -4.41. The molecule has 0 aromatic heterocycles. The molecule has 0 radical (unpaired) electrons. The maximum absolute atomic E-state index is 13.2. The first kappa shape index (κ1) is 41.8. The van der Waals surface area contributed by atoms with Crippen LogP contribution in [0.15, 0.2) is 54.6 Å². The summed E-state index contributed by atoms with van der Waals surface area (Å²) in [6.07, 6.45) is -0.578. The first-order valence-corrected chi connectivity index (χ1v) is 17.4. The van der Waals surface area contributed by atoms with E-state index in [1.54, 1.807) is 79.7 Å². The maximum Gasteiger partial charge on any atom is 0.410 e. The average Bonchev–Trinajstić information content (AvgIpc) is 3.02. The minimum absolute atomic E-state index is 0.0428. The van der Waals surface area contributed by atoms with E-state index < -0.39 is 47.3 Å². The lowest BCUT2D eigenvalue weighted by atomic mass is 10.0. The summed E-state index contributed by atoms with van der Waals surface area (Å²) in [5, 5.41) is 2.67. The van der Waals surface area contributed by atoms with Crippen LogP contribution in [0, 0.1) is 5.92 Å². The summed E-state index contributed by atoms with van der Waals surface area (Å²) in [6, 6.07) is 15.7. The van der Waals surface area contributed by atoms with Gasteiger partial charge in [-0.3, -0.25) is 14.4 Å². The predicted octanol–water partition coefficient (Wildman–Crippen LogP) is 6.70. The Balaban J connectivity index is 2.17. The summed E-state index contributed by atoms with van der Waals surface area (Å²) in [4.78, 5) is 66.3. The zero-order chi connectivity index (χ0) is 37.5. The molecule has 2 amide bonds. The largest absolute Gasteiger partial charge is 0.489 e. The normalized spacial score (nSPS) is 12.8. The molecule has 0 saturated heterocycles. The molecule has 11 nitrogen and oxygen atoms in total. The van der Waals surface area contributed by atoms with Crippen LogP contribution in [-0.4, -0.2) is 77.7 Å². The van der Waals surface area contributed by atoms with Crippen molar-refractivity contribution >= 4 is 29.7 Å². The van der Waals surface area contributed by atoms with Gasteiger partial charge in [-0.2, -0.15) is 0 Å². The number of ether oxygens (including phenoxy) is 4. The van der Waals surface area contributed by atoms with Gasteiger partial charge in [0.1, 0.15) is 29.6 Å². The topological polar surface area (TPSA) is 138 Å². The maximum atomic E-state index is 13.2. The molecule has 0 spiro atoms. The van der Waals surface area contributed by atoms with Gasteiger partial charge >= 0.3 is 18.0 Å². The number of carbonyl (C=O) groups excluding carboxylic acids is 5. The van der Waals surface area contributed by atoms with E-state index in [4.69, 9.17) is 18.9 Å².